The van der Waals surface area contributed by atoms with E-state index in [0.717, 1.165) is 17.8 Å². The van der Waals surface area contributed by atoms with Crippen LogP contribution in [-0.2, 0) is 5.41 Å². The number of benzene rings is 1. The van der Waals surface area contributed by atoms with E-state index in [-0.39, 0.29) is 0 Å². The maximum Gasteiger partial charge on any atom is 0.0175 e. The third-order valence-corrected chi connectivity index (χ3v) is 5.91. The second-order valence-corrected chi connectivity index (χ2v) is 7.17. The molecule has 84 valence electrons. The van der Waals surface area contributed by atoms with Crippen molar-refractivity contribution >= 4 is 15.9 Å². The van der Waals surface area contributed by atoms with Crippen molar-refractivity contribution in [2.75, 3.05) is 0 Å². The van der Waals surface area contributed by atoms with Crippen LogP contribution in [-0.4, -0.2) is 0 Å². The Morgan fingerprint density at radius 2 is 1.56 bits per heavy atom. The van der Waals surface area contributed by atoms with Gasteiger partial charge in [0.2, 0.25) is 0 Å². The molecule has 4 bridgehead atoms. The van der Waals surface area contributed by atoms with Crippen LogP contribution in [0.3, 0.4) is 0 Å². The molecule has 2 unspecified atom stereocenters. The first-order valence-corrected chi connectivity index (χ1v) is 7.31. The number of hydrogen-bond acceptors (Lipinski definition) is 0. The molecule has 0 radical (unpaired) electrons. The van der Waals surface area contributed by atoms with E-state index in [1.54, 1.807) is 18.4 Å². The van der Waals surface area contributed by atoms with Gasteiger partial charge in [-0.1, -0.05) is 28.1 Å². The number of hydrogen-bond donors (Lipinski definition) is 0. The number of rotatable bonds is 1. The van der Waals surface area contributed by atoms with E-state index >= 15 is 0 Å². The SMILES string of the molecule is Brc1ccc(C23CC4CC(C2)C(C4)C3)cc1. The van der Waals surface area contributed by atoms with Gasteiger partial charge in [-0.25, -0.2) is 0 Å². The van der Waals surface area contributed by atoms with Crippen molar-refractivity contribution in [1.82, 2.24) is 0 Å². The second-order valence-electron chi connectivity index (χ2n) is 6.26. The maximum atomic E-state index is 3.54. The molecule has 0 amide bonds. The van der Waals surface area contributed by atoms with Crippen LogP contribution in [0.4, 0.5) is 0 Å². The van der Waals surface area contributed by atoms with Gasteiger partial charge >= 0.3 is 0 Å². The Bertz CT molecular complexity index is 400. The minimum Gasteiger partial charge on any atom is -0.0574 e. The zero-order chi connectivity index (χ0) is 10.8. The molecule has 4 fully saturated rings. The molecule has 0 nitrogen and oxygen atoms in total. The smallest absolute Gasteiger partial charge is 0.0175 e. The van der Waals surface area contributed by atoms with Crippen LogP contribution < -0.4 is 0 Å². The third-order valence-electron chi connectivity index (χ3n) is 5.38. The van der Waals surface area contributed by atoms with Gasteiger partial charge < -0.3 is 0 Å². The fourth-order valence-corrected chi connectivity index (χ4v) is 5.23. The first-order chi connectivity index (χ1) is 7.75. The van der Waals surface area contributed by atoms with Crippen LogP contribution in [0.15, 0.2) is 28.7 Å². The summed E-state index contributed by atoms with van der Waals surface area (Å²) in [5.74, 6) is 3.20. The summed E-state index contributed by atoms with van der Waals surface area (Å²) in [5.41, 5.74) is 2.20. The molecule has 0 N–H and O–H groups in total. The maximum absolute atomic E-state index is 3.54. The summed E-state index contributed by atoms with van der Waals surface area (Å²) in [7, 11) is 0. The van der Waals surface area contributed by atoms with Crippen LogP contribution >= 0.6 is 15.9 Å². The van der Waals surface area contributed by atoms with E-state index < -0.39 is 0 Å². The monoisotopic (exact) mass is 276 g/mol. The Morgan fingerprint density at radius 1 is 0.938 bits per heavy atom. The van der Waals surface area contributed by atoms with E-state index in [0.29, 0.717) is 5.41 Å². The molecule has 16 heavy (non-hydrogen) atoms. The average molecular weight is 277 g/mol. The second kappa shape index (κ2) is 3.13. The van der Waals surface area contributed by atoms with Crippen molar-refractivity contribution in [3.63, 3.8) is 0 Å². The van der Waals surface area contributed by atoms with Crippen molar-refractivity contribution in [1.29, 1.82) is 0 Å². The zero-order valence-corrected chi connectivity index (χ0v) is 11.0. The van der Waals surface area contributed by atoms with Crippen LogP contribution in [0, 0.1) is 17.8 Å². The van der Waals surface area contributed by atoms with E-state index in [2.05, 4.69) is 40.2 Å². The molecular formula is C15H17Br. The Morgan fingerprint density at radius 3 is 2.12 bits per heavy atom. The predicted octanol–water partition coefficient (Wildman–Crippen LogP) is 4.53. The van der Waals surface area contributed by atoms with Gasteiger partial charge in [0.05, 0.1) is 0 Å². The highest BCUT2D eigenvalue weighted by molar-refractivity contribution is 9.10. The van der Waals surface area contributed by atoms with Crippen LogP contribution in [0.25, 0.3) is 0 Å². The average Bonchev–Trinajstić information content (AvgIpc) is 2.68. The predicted molar refractivity (Wildman–Crippen MR) is 69.4 cm³/mol. The van der Waals surface area contributed by atoms with Gasteiger partial charge in [0.25, 0.3) is 0 Å². The van der Waals surface area contributed by atoms with E-state index in [1.807, 2.05) is 0 Å². The van der Waals surface area contributed by atoms with Gasteiger partial charge in [-0.05, 0) is 73.0 Å². The van der Waals surface area contributed by atoms with Gasteiger partial charge in [-0.15, -0.1) is 0 Å². The molecule has 0 spiro atoms. The van der Waals surface area contributed by atoms with Gasteiger partial charge in [-0.3, -0.25) is 0 Å². The van der Waals surface area contributed by atoms with Gasteiger partial charge in [0.15, 0.2) is 0 Å². The van der Waals surface area contributed by atoms with Gasteiger partial charge in [0, 0.05) is 4.47 Å². The summed E-state index contributed by atoms with van der Waals surface area (Å²) in [6.07, 6.45) is 7.53. The lowest BCUT2D eigenvalue weighted by molar-refractivity contribution is 0.229. The van der Waals surface area contributed by atoms with Gasteiger partial charge in [0.1, 0.15) is 0 Å². The molecule has 2 atom stereocenters. The third kappa shape index (κ3) is 1.21. The Kier molecular flexibility index (Phi) is 1.90. The van der Waals surface area contributed by atoms with Crippen LogP contribution in [0.2, 0.25) is 0 Å². The fourth-order valence-electron chi connectivity index (χ4n) is 4.97. The molecule has 0 heterocycles. The molecule has 1 heteroatoms. The Hall–Kier alpha value is -0.300. The molecule has 4 aliphatic carbocycles. The van der Waals surface area contributed by atoms with Gasteiger partial charge in [-0.2, -0.15) is 0 Å². The first kappa shape index (κ1) is 9.70. The van der Waals surface area contributed by atoms with Crippen molar-refractivity contribution in [3.8, 4) is 0 Å². The normalized spacial score (nSPS) is 44.2. The lowest BCUT2D eigenvalue weighted by Gasteiger charge is -2.39. The lowest BCUT2D eigenvalue weighted by Crippen LogP contribution is -2.31. The summed E-state index contributed by atoms with van der Waals surface area (Å²) in [6, 6.07) is 9.16. The highest BCUT2D eigenvalue weighted by atomic mass is 79.9. The standard InChI is InChI=1S/C15H17Br/c16-14-3-1-13(2-4-14)15-7-10-5-11(8-15)12(6-10)9-15/h1-4,10-12H,5-9H2. The fraction of sp³-hybridized carbons (Fsp3) is 0.600. The molecule has 1 aromatic rings. The highest BCUT2D eigenvalue weighted by Gasteiger charge is 2.56. The van der Waals surface area contributed by atoms with E-state index in [1.165, 1.54) is 23.7 Å². The summed E-state index contributed by atoms with van der Waals surface area (Å²) < 4.78 is 1.21. The molecule has 1 aromatic carbocycles. The quantitative estimate of drug-likeness (QED) is 0.707. The Labute approximate surface area is 106 Å². The summed E-state index contributed by atoms with van der Waals surface area (Å²) in [6.45, 7) is 0. The van der Waals surface area contributed by atoms with Crippen molar-refractivity contribution in [2.45, 2.75) is 37.5 Å². The molecular weight excluding hydrogens is 260 g/mol. The molecule has 4 aliphatic rings. The summed E-state index contributed by atoms with van der Waals surface area (Å²) in [5, 5.41) is 0. The minimum atomic E-state index is 0.581. The molecule has 0 aromatic heterocycles. The minimum absolute atomic E-state index is 0.581. The molecule has 5 rings (SSSR count). The van der Waals surface area contributed by atoms with Crippen molar-refractivity contribution in [2.24, 2.45) is 17.8 Å². The van der Waals surface area contributed by atoms with Crippen LogP contribution in [0.5, 0.6) is 0 Å². The number of halogens is 1. The largest absolute Gasteiger partial charge is 0.0574 e. The van der Waals surface area contributed by atoms with E-state index in [9.17, 15) is 0 Å². The molecule has 0 saturated heterocycles. The van der Waals surface area contributed by atoms with Crippen molar-refractivity contribution in [3.05, 3.63) is 34.3 Å². The van der Waals surface area contributed by atoms with Crippen molar-refractivity contribution < 1.29 is 0 Å². The zero-order valence-electron chi connectivity index (χ0n) is 9.45. The Balaban J connectivity index is 1.75. The first-order valence-electron chi connectivity index (χ1n) is 6.51. The topological polar surface area (TPSA) is 0 Å². The summed E-state index contributed by atoms with van der Waals surface area (Å²) in [4.78, 5) is 0. The lowest BCUT2D eigenvalue weighted by atomic mass is 9.66. The molecule has 0 aliphatic heterocycles. The summed E-state index contributed by atoms with van der Waals surface area (Å²) >= 11 is 3.54. The highest BCUT2D eigenvalue weighted by Crippen LogP contribution is 2.64. The van der Waals surface area contributed by atoms with Crippen LogP contribution in [0.1, 0.15) is 37.7 Å². The molecule has 4 saturated carbocycles. The van der Waals surface area contributed by atoms with E-state index in [4.69, 9.17) is 0 Å².